The van der Waals surface area contributed by atoms with Crippen LogP contribution in [0.15, 0.2) is 59.2 Å². The van der Waals surface area contributed by atoms with Gasteiger partial charge in [-0.1, -0.05) is 0 Å². The molecule has 0 aliphatic heterocycles. The Kier molecular flexibility index (Phi) is 5.83. The highest BCUT2D eigenvalue weighted by atomic mass is 32.1. The van der Waals surface area contributed by atoms with Gasteiger partial charge in [-0.2, -0.15) is 0 Å². The minimum absolute atomic E-state index is 0.0285. The number of ketones is 1. The zero-order valence-corrected chi connectivity index (χ0v) is 15.5. The Balaban J connectivity index is 1.48. The van der Waals surface area contributed by atoms with Gasteiger partial charge in [-0.3, -0.25) is 14.4 Å². The Hall–Kier alpha value is -3.19. The Morgan fingerprint density at radius 1 is 0.926 bits per heavy atom. The van der Waals surface area contributed by atoms with Gasteiger partial charge in [0, 0.05) is 29.1 Å². The number of rotatable bonds is 7. The first-order valence-corrected chi connectivity index (χ1v) is 9.17. The topological polar surface area (TPSA) is 88.4 Å². The van der Waals surface area contributed by atoms with Crippen LogP contribution < -0.4 is 10.6 Å². The lowest BCUT2D eigenvalue weighted by atomic mass is 10.2. The Bertz CT molecular complexity index is 943. The molecule has 27 heavy (non-hydrogen) atoms. The third kappa shape index (κ3) is 5.15. The molecular formula is C20H18N2O4S. The van der Waals surface area contributed by atoms with Gasteiger partial charge in [-0.15, -0.1) is 11.3 Å². The zero-order chi connectivity index (χ0) is 19.2. The summed E-state index contributed by atoms with van der Waals surface area (Å²) in [5.41, 5.74) is 1.17. The summed E-state index contributed by atoms with van der Waals surface area (Å²) in [7, 11) is 0. The van der Waals surface area contributed by atoms with E-state index in [9.17, 15) is 14.4 Å². The summed E-state index contributed by atoms with van der Waals surface area (Å²) in [5, 5.41) is 5.44. The first-order valence-electron chi connectivity index (χ1n) is 8.35. The smallest absolute Gasteiger partial charge is 0.291 e. The summed E-state index contributed by atoms with van der Waals surface area (Å²) in [5.74, 6) is -0.389. The first-order chi connectivity index (χ1) is 13.0. The summed E-state index contributed by atoms with van der Waals surface area (Å²) >= 11 is 1.43. The van der Waals surface area contributed by atoms with Crippen LogP contribution in [0.5, 0.6) is 0 Å². The number of hydrogen-bond donors (Lipinski definition) is 2. The van der Waals surface area contributed by atoms with Crippen molar-refractivity contribution >= 4 is 40.3 Å². The van der Waals surface area contributed by atoms with Gasteiger partial charge in [-0.05, 0) is 55.5 Å². The molecular weight excluding hydrogens is 364 g/mol. The second-order valence-electron chi connectivity index (χ2n) is 5.89. The number of aryl methyl sites for hydroxylation is 1. The summed E-state index contributed by atoms with van der Waals surface area (Å²) in [6.45, 7) is 1.94. The molecule has 0 atom stereocenters. The van der Waals surface area contributed by atoms with E-state index in [1.807, 2.05) is 13.0 Å². The second-order valence-corrected chi connectivity index (χ2v) is 7.18. The number of anilines is 2. The minimum Gasteiger partial charge on any atom is -0.459 e. The van der Waals surface area contributed by atoms with Crippen LogP contribution in [0.2, 0.25) is 0 Å². The molecule has 2 aromatic heterocycles. The molecule has 0 unspecified atom stereocenters. The van der Waals surface area contributed by atoms with Crippen LogP contribution in [0, 0.1) is 6.92 Å². The minimum atomic E-state index is -0.348. The third-order valence-corrected chi connectivity index (χ3v) is 4.81. The van der Waals surface area contributed by atoms with Gasteiger partial charge in [0.1, 0.15) is 0 Å². The predicted molar refractivity (Wildman–Crippen MR) is 104 cm³/mol. The molecule has 0 saturated heterocycles. The van der Waals surface area contributed by atoms with Crippen LogP contribution in [-0.2, 0) is 4.79 Å². The van der Waals surface area contributed by atoms with Crippen molar-refractivity contribution in [3.63, 3.8) is 0 Å². The fraction of sp³-hybridized carbons (Fsp3) is 0.150. The Morgan fingerprint density at radius 3 is 2.22 bits per heavy atom. The lowest BCUT2D eigenvalue weighted by molar-refractivity contribution is -0.116. The number of amides is 2. The maximum atomic E-state index is 12.0. The van der Waals surface area contributed by atoms with Crippen LogP contribution in [0.4, 0.5) is 11.4 Å². The molecule has 0 bridgehead atoms. The van der Waals surface area contributed by atoms with Crippen LogP contribution in [-0.4, -0.2) is 17.6 Å². The number of carbonyl (C=O) groups excluding carboxylic acids is 3. The fourth-order valence-corrected chi connectivity index (χ4v) is 3.23. The second kappa shape index (κ2) is 8.46. The zero-order valence-electron chi connectivity index (χ0n) is 14.7. The van der Waals surface area contributed by atoms with E-state index in [4.69, 9.17) is 4.42 Å². The SMILES string of the molecule is Cc1ccc(C(=O)CCC(=O)Nc2ccc(NC(=O)c3ccco3)cc2)s1. The van der Waals surface area contributed by atoms with Crippen molar-refractivity contribution in [3.8, 4) is 0 Å². The molecule has 1 aromatic carbocycles. The number of benzene rings is 1. The summed E-state index contributed by atoms with van der Waals surface area (Å²) in [6.07, 6.45) is 1.72. The quantitative estimate of drug-likeness (QED) is 0.589. The van der Waals surface area contributed by atoms with Gasteiger partial charge in [-0.25, -0.2) is 0 Å². The normalized spacial score (nSPS) is 10.4. The average molecular weight is 382 g/mol. The maximum Gasteiger partial charge on any atom is 0.291 e. The lowest BCUT2D eigenvalue weighted by Crippen LogP contribution is -2.13. The van der Waals surface area contributed by atoms with Crippen LogP contribution in [0.1, 0.15) is 37.9 Å². The van der Waals surface area contributed by atoms with Crippen molar-refractivity contribution in [2.24, 2.45) is 0 Å². The van der Waals surface area contributed by atoms with Crippen molar-refractivity contribution in [2.45, 2.75) is 19.8 Å². The number of Topliss-reactive ketones (excluding diaryl/α,β-unsaturated/α-hetero) is 1. The molecule has 2 heterocycles. The predicted octanol–water partition coefficient (Wildman–Crippen LogP) is 4.50. The van der Waals surface area contributed by atoms with Crippen LogP contribution in [0.3, 0.4) is 0 Å². The third-order valence-electron chi connectivity index (χ3n) is 3.77. The van der Waals surface area contributed by atoms with Gasteiger partial charge in [0.15, 0.2) is 11.5 Å². The summed E-state index contributed by atoms with van der Waals surface area (Å²) in [4.78, 5) is 37.7. The molecule has 2 N–H and O–H groups in total. The average Bonchev–Trinajstić information content (AvgIpc) is 3.33. The Labute approximate surface area is 160 Å². The highest BCUT2D eigenvalue weighted by Crippen LogP contribution is 2.18. The van der Waals surface area contributed by atoms with Gasteiger partial charge in [0.25, 0.3) is 5.91 Å². The van der Waals surface area contributed by atoms with E-state index >= 15 is 0 Å². The van der Waals surface area contributed by atoms with E-state index in [0.29, 0.717) is 16.3 Å². The molecule has 138 valence electrons. The molecule has 0 saturated carbocycles. The molecule has 0 aliphatic carbocycles. The molecule has 2 amide bonds. The van der Waals surface area contributed by atoms with E-state index in [2.05, 4.69) is 10.6 Å². The first kappa shape index (κ1) is 18.6. The molecule has 0 spiro atoms. The monoisotopic (exact) mass is 382 g/mol. The van der Waals surface area contributed by atoms with Crippen molar-refractivity contribution in [1.29, 1.82) is 0 Å². The standard InChI is InChI=1S/C20H18N2O4S/c1-13-4-10-18(27-13)16(23)9-11-19(24)21-14-5-7-15(8-6-14)22-20(25)17-3-2-12-26-17/h2-8,10,12H,9,11H2,1H3,(H,21,24)(H,22,25). The maximum absolute atomic E-state index is 12.0. The summed E-state index contributed by atoms with van der Waals surface area (Å²) < 4.78 is 5.03. The number of thiophene rings is 1. The molecule has 0 radical (unpaired) electrons. The van der Waals surface area contributed by atoms with Crippen LogP contribution in [0.25, 0.3) is 0 Å². The van der Waals surface area contributed by atoms with Crippen LogP contribution >= 0.6 is 11.3 Å². The van der Waals surface area contributed by atoms with E-state index in [1.54, 1.807) is 42.5 Å². The molecule has 7 heteroatoms. The van der Waals surface area contributed by atoms with Crippen molar-refractivity contribution < 1.29 is 18.8 Å². The molecule has 6 nitrogen and oxygen atoms in total. The lowest BCUT2D eigenvalue weighted by Gasteiger charge is -2.07. The number of nitrogens with one attached hydrogen (secondary N) is 2. The van der Waals surface area contributed by atoms with Crippen molar-refractivity contribution in [1.82, 2.24) is 0 Å². The number of furan rings is 1. The van der Waals surface area contributed by atoms with Gasteiger partial charge >= 0.3 is 0 Å². The number of hydrogen-bond acceptors (Lipinski definition) is 5. The van der Waals surface area contributed by atoms with E-state index in [0.717, 1.165) is 4.88 Å². The number of carbonyl (C=O) groups is 3. The van der Waals surface area contributed by atoms with Gasteiger partial charge in [0.05, 0.1) is 11.1 Å². The van der Waals surface area contributed by atoms with E-state index in [-0.39, 0.29) is 36.2 Å². The molecule has 3 rings (SSSR count). The fourth-order valence-electron chi connectivity index (χ4n) is 2.40. The summed E-state index contributed by atoms with van der Waals surface area (Å²) in [6, 6.07) is 13.6. The molecule has 3 aromatic rings. The van der Waals surface area contributed by atoms with Gasteiger partial charge < -0.3 is 15.1 Å². The van der Waals surface area contributed by atoms with Crippen molar-refractivity contribution in [2.75, 3.05) is 10.6 Å². The van der Waals surface area contributed by atoms with Crippen molar-refractivity contribution in [3.05, 3.63) is 70.3 Å². The van der Waals surface area contributed by atoms with E-state index < -0.39 is 0 Å². The molecule has 0 aliphatic rings. The van der Waals surface area contributed by atoms with Gasteiger partial charge in [0.2, 0.25) is 5.91 Å². The molecule has 0 fully saturated rings. The Morgan fingerprint density at radius 2 is 1.63 bits per heavy atom. The highest BCUT2D eigenvalue weighted by Gasteiger charge is 2.12. The highest BCUT2D eigenvalue weighted by molar-refractivity contribution is 7.14. The van der Waals surface area contributed by atoms with E-state index in [1.165, 1.54) is 17.6 Å². The largest absolute Gasteiger partial charge is 0.459 e.